The molecule has 2 aromatic heterocycles. The number of aromatic nitrogens is 3. The summed E-state index contributed by atoms with van der Waals surface area (Å²) in [5.74, 6) is 0.848. The summed E-state index contributed by atoms with van der Waals surface area (Å²) in [5.41, 5.74) is 4.04. The molecule has 0 bridgehead atoms. The van der Waals surface area contributed by atoms with Gasteiger partial charge in [0.2, 0.25) is 0 Å². The van der Waals surface area contributed by atoms with E-state index < -0.39 is 0 Å². The van der Waals surface area contributed by atoms with Crippen LogP contribution in [0, 0.1) is 6.92 Å². The molecule has 108 valence electrons. The van der Waals surface area contributed by atoms with Gasteiger partial charge < -0.3 is 4.57 Å². The minimum atomic E-state index is -0.165. The molecule has 0 N–H and O–H groups in total. The Balaban J connectivity index is 2.16. The van der Waals surface area contributed by atoms with Crippen molar-refractivity contribution in [2.75, 3.05) is 0 Å². The third-order valence-electron chi connectivity index (χ3n) is 3.39. The monoisotopic (exact) mass is 363 g/mol. The standard InChI is InChI=1S/C16H15BrClN3/c1-10-7-14-16(19-8-10)21(15(20-14)11(2)18)9-12-5-3-4-6-13(12)17/h3-8,11H,9H2,1-2H3. The molecule has 21 heavy (non-hydrogen) atoms. The molecular formula is C16H15BrClN3. The number of benzene rings is 1. The van der Waals surface area contributed by atoms with Crippen molar-refractivity contribution in [2.24, 2.45) is 0 Å². The van der Waals surface area contributed by atoms with Gasteiger partial charge in [0.25, 0.3) is 0 Å². The van der Waals surface area contributed by atoms with Crippen molar-refractivity contribution in [2.45, 2.75) is 25.8 Å². The number of hydrogen-bond donors (Lipinski definition) is 0. The van der Waals surface area contributed by atoms with Crippen molar-refractivity contribution in [1.29, 1.82) is 0 Å². The summed E-state index contributed by atoms with van der Waals surface area (Å²) in [6.07, 6.45) is 1.86. The smallest absolute Gasteiger partial charge is 0.160 e. The normalized spacial score (nSPS) is 12.8. The summed E-state index contributed by atoms with van der Waals surface area (Å²) in [4.78, 5) is 9.19. The molecule has 2 heterocycles. The Bertz CT molecular complexity index is 795. The lowest BCUT2D eigenvalue weighted by Crippen LogP contribution is -2.07. The molecule has 1 atom stereocenters. The average molecular weight is 365 g/mol. The first-order valence-corrected chi connectivity index (χ1v) is 7.99. The van der Waals surface area contributed by atoms with Crippen LogP contribution in [0.15, 0.2) is 41.0 Å². The first-order valence-electron chi connectivity index (χ1n) is 6.76. The summed E-state index contributed by atoms with van der Waals surface area (Å²) in [7, 11) is 0. The van der Waals surface area contributed by atoms with Crippen LogP contribution < -0.4 is 0 Å². The predicted octanol–water partition coefficient (Wildman–Crippen LogP) is 4.85. The van der Waals surface area contributed by atoms with Gasteiger partial charge in [-0.25, -0.2) is 9.97 Å². The second kappa shape index (κ2) is 5.78. The highest BCUT2D eigenvalue weighted by Gasteiger charge is 2.16. The van der Waals surface area contributed by atoms with Gasteiger partial charge in [0.1, 0.15) is 11.3 Å². The van der Waals surface area contributed by atoms with Gasteiger partial charge in [-0.05, 0) is 37.1 Å². The molecule has 0 fully saturated rings. The minimum Gasteiger partial charge on any atom is -0.307 e. The van der Waals surface area contributed by atoms with Crippen LogP contribution in [-0.4, -0.2) is 14.5 Å². The number of imidazole rings is 1. The largest absolute Gasteiger partial charge is 0.307 e. The van der Waals surface area contributed by atoms with E-state index in [0.29, 0.717) is 6.54 Å². The molecule has 5 heteroatoms. The first-order chi connectivity index (χ1) is 10.1. The van der Waals surface area contributed by atoms with Crippen LogP contribution in [0.25, 0.3) is 11.2 Å². The number of nitrogens with zero attached hydrogens (tertiary/aromatic N) is 3. The van der Waals surface area contributed by atoms with Gasteiger partial charge in [-0.3, -0.25) is 0 Å². The number of aryl methyl sites for hydroxylation is 1. The Labute approximate surface area is 137 Å². The molecule has 0 aliphatic carbocycles. The number of hydrogen-bond acceptors (Lipinski definition) is 2. The Morgan fingerprint density at radius 1 is 1.33 bits per heavy atom. The van der Waals surface area contributed by atoms with E-state index in [0.717, 1.165) is 27.0 Å². The van der Waals surface area contributed by atoms with E-state index in [1.54, 1.807) is 0 Å². The molecule has 0 saturated heterocycles. The van der Waals surface area contributed by atoms with Crippen LogP contribution in [0.4, 0.5) is 0 Å². The maximum Gasteiger partial charge on any atom is 0.160 e. The summed E-state index contributed by atoms with van der Waals surface area (Å²) >= 11 is 9.89. The molecule has 0 saturated carbocycles. The van der Waals surface area contributed by atoms with E-state index in [4.69, 9.17) is 11.6 Å². The number of alkyl halides is 1. The summed E-state index contributed by atoms with van der Waals surface area (Å²) in [6.45, 7) is 4.65. The Morgan fingerprint density at radius 3 is 2.81 bits per heavy atom. The van der Waals surface area contributed by atoms with Gasteiger partial charge in [0.15, 0.2) is 5.65 Å². The van der Waals surface area contributed by atoms with Crippen LogP contribution in [-0.2, 0) is 6.54 Å². The van der Waals surface area contributed by atoms with Crippen molar-refractivity contribution in [3.63, 3.8) is 0 Å². The van der Waals surface area contributed by atoms with E-state index in [-0.39, 0.29) is 5.38 Å². The molecule has 0 spiro atoms. The Morgan fingerprint density at radius 2 is 2.10 bits per heavy atom. The van der Waals surface area contributed by atoms with Crippen LogP contribution in [0.2, 0.25) is 0 Å². The second-order valence-electron chi connectivity index (χ2n) is 5.12. The van der Waals surface area contributed by atoms with E-state index in [1.165, 1.54) is 5.56 Å². The zero-order valence-corrected chi connectivity index (χ0v) is 14.2. The molecule has 0 radical (unpaired) electrons. The average Bonchev–Trinajstić information content (AvgIpc) is 2.79. The lowest BCUT2D eigenvalue weighted by Gasteiger charge is -2.11. The number of halogens is 2. The molecule has 1 aromatic carbocycles. The maximum absolute atomic E-state index is 6.30. The fourth-order valence-electron chi connectivity index (χ4n) is 2.39. The van der Waals surface area contributed by atoms with Crippen LogP contribution in [0.1, 0.15) is 29.3 Å². The first kappa shape index (κ1) is 14.5. The van der Waals surface area contributed by atoms with Crippen molar-refractivity contribution >= 4 is 38.7 Å². The quantitative estimate of drug-likeness (QED) is 0.622. The van der Waals surface area contributed by atoms with Crippen LogP contribution in [0.5, 0.6) is 0 Å². The third-order valence-corrected chi connectivity index (χ3v) is 4.36. The van der Waals surface area contributed by atoms with Crippen LogP contribution >= 0.6 is 27.5 Å². The molecule has 1 unspecified atom stereocenters. The zero-order valence-electron chi connectivity index (χ0n) is 11.8. The van der Waals surface area contributed by atoms with Gasteiger partial charge in [-0.2, -0.15) is 0 Å². The number of rotatable bonds is 3. The van der Waals surface area contributed by atoms with Gasteiger partial charge in [-0.15, -0.1) is 11.6 Å². The van der Waals surface area contributed by atoms with Gasteiger partial charge in [-0.1, -0.05) is 34.1 Å². The van der Waals surface area contributed by atoms with Crippen molar-refractivity contribution in [3.8, 4) is 0 Å². The summed E-state index contributed by atoms with van der Waals surface area (Å²) < 4.78 is 3.17. The van der Waals surface area contributed by atoms with E-state index in [9.17, 15) is 0 Å². The fraction of sp³-hybridized carbons (Fsp3) is 0.250. The fourth-order valence-corrected chi connectivity index (χ4v) is 2.96. The molecule has 0 amide bonds. The molecular weight excluding hydrogens is 350 g/mol. The second-order valence-corrected chi connectivity index (χ2v) is 6.63. The Hall–Kier alpha value is -1.39. The van der Waals surface area contributed by atoms with Gasteiger partial charge in [0, 0.05) is 10.7 Å². The van der Waals surface area contributed by atoms with Crippen molar-refractivity contribution in [1.82, 2.24) is 14.5 Å². The summed E-state index contributed by atoms with van der Waals surface area (Å²) in [6, 6.07) is 10.2. The highest BCUT2D eigenvalue weighted by Crippen LogP contribution is 2.26. The summed E-state index contributed by atoms with van der Waals surface area (Å²) in [5, 5.41) is -0.165. The van der Waals surface area contributed by atoms with Gasteiger partial charge >= 0.3 is 0 Å². The topological polar surface area (TPSA) is 30.7 Å². The van der Waals surface area contributed by atoms with Crippen LogP contribution in [0.3, 0.4) is 0 Å². The minimum absolute atomic E-state index is 0.165. The SMILES string of the molecule is Cc1cnc2c(c1)nc(C(C)Cl)n2Cc1ccccc1Br. The molecule has 0 aliphatic rings. The van der Waals surface area contributed by atoms with E-state index in [1.807, 2.05) is 44.3 Å². The lowest BCUT2D eigenvalue weighted by molar-refractivity contribution is 0.734. The van der Waals surface area contributed by atoms with Crippen molar-refractivity contribution in [3.05, 3.63) is 58.0 Å². The lowest BCUT2D eigenvalue weighted by atomic mass is 10.2. The zero-order chi connectivity index (χ0) is 15.0. The maximum atomic E-state index is 6.30. The highest BCUT2D eigenvalue weighted by molar-refractivity contribution is 9.10. The van der Waals surface area contributed by atoms with E-state index in [2.05, 4.69) is 36.5 Å². The third kappa shape index (κ3) is 2.83. The number of pyridine rings is 1. The molecule has 0 aliphatic heterocycles. The molecule has 3 aromatic rings. The van der Waals surface area contributed by atoms with E-state index >= 15 is 0 Å². The number of fused-ring (bicyclic) bond motifs is 1. The predicted molar refractivity (Wildman–Crippen MR) is 89.8 cm³/mol. The highest BCUT2D eigenvalue weighted by atomic mass is 79.9. The van der Waals surface area contributed by atoms with Crippen molar-refractivity contribution < 1.29 is 0 Å². The van der Waals surface area contributed by atoms with Gasteiger partial charge in [0.05, 0.1) is 11.9 Å². The molecule has 3 nitrogen and oxygen atoms in total. The Kier molecular flexibility index (Phi) is 4.00. The molecule has 3 rings (SSSR count).